The van der Waals surface area contributed by atoms with E-state index in [2.05, 4.69) is 26.6 Å². The molecule has 0 aromatic rings. The molecule has 2 rings (SSSR count). The molecular weight excluding hydrogens is 741 g/mol. The highest BCUT2D eigenvalue weighted by Gasteiger charge is 2.38. The number of unbranched alkanes of at least 4 members (excludes halogenated alkanes) is 3. The zero-order valence-electron chi connectivity index (χ0n) is 29.2. The molecule has 2 aliphatic heterocycles. The Morgan fingerprint density at radius 1 is 0.588 bits per heavy atom. The van der Waals surface area contributed by atoms with E-state index >= 15 is 0 Å². The second-order valence-corrected chi connectivity index (χ2v) is 18.1. The lowest BCUT2D eigenvalue weighted by Gasteiger charge is -2.23. The van der Waals surface area contributed by atoms with E-state index in [0.29, 0.717) is 77.4 Å². The van der Waals surface area contributed by atoms with Crippen molar-refractivity contribution >= 4 is 90.4 Å². The van der Waals surface area contributed by atoms with Crippen LogP contribution >= 0.6 is 43.2 Å². The highest BCUT2D eigenvalue weighted by Crippen LogP contribution is 2.58. The number of hydrogen-bond donors (Lipinski definition) is 7. The smallest absolute Gasteiger partial charge is 0.242 e. The standard InChI is InChI=1S/C31H52N8O8S4/c1-19(40)34-13-8-5-11-23(38-20(2)41)29(47)37-16-12-26(44)39(17-24(42)35-14-6-3-9-21(27(32)45)30-48-49-30)18-25(43)36-15-7-4-10-22(28(33)46)31-50-51-31/h21-23,30-31H,3-18H2,1-2H3,(H2,32,45)(H2,33,46)(H,34,40)(H,35,42)(H,36,43)(H,37,47)(H,38,41). The van der Waals surface area contributed by atoms with Gasteiger partial charge in [-0.3, -0.25) is 38.4 Å². The van der Waals surface area contributed by atoms with Crippen LogP contribution < -0.4 is 38.1 Å². The summed E-state index contributed by atoms with van der Waals surface area (Å²) >= 11 is 0. The summed E-state index contributed by atoms with van der Waals surface area (Å²) in [6.45, 7) is 2.95. The molecule has 0 aromatic heterocycles. The molecule has 0 bridgehead atoms. The summed E-state index contributed by atoms with van der Waals surface area (Å²) in [4.78, 5) is 98.9. The summed E-state index contributed by atoms with van der Waals surface area (Å²) in [7, 11) is 6.49. The molecule has 51 heavy (non-hydrogen) atoms. The largest absolute Gasteiger partial charge is 0.369 e. The highest BCUT2D eigenvalue weighted by molar-refractivity contribution is 8.93. The number of nitrogens with zero attached hydrogens (tertiary/aromatic N) is 1. The van der Waals surface area contributed by atoms with Gasteiger partial charge in [0.2, 0.25) is 47.3 Å². The Morgan fingerprint density at radius 3 is 1.45 bits per heavy atom. The Bertz CT molecular complexity index is 1170. The minimum atomic E-state index is -0.831. The van der Waals surface area contributed by atoms with Crippen molar-refractivity contribution in [3.63, 3.8) is 0 Å². The summed E-state index contributed by atoms with van der Waals surface area (Å²) < 4.78 is 0.385. The summed E-state index contributed by atoms with van der Waals surface area (Å²) in [5.74, 6) is -3.57. The topological polar surface area (TPSA) is 252 Å². The summed E-state index contributed by atoms with van der Waals surface area (Å²) in [5, 5.41) is 13.4. The first-order valence-electron chi connectivity index (χ1n) is 17.1. The van der Waals surface area contributed by atoms with Gasteiger partial charge in [-0.1, -0.05) is 56.0 Å². The number of nitrogens with one attached hydrogen (secondary N) is 5. The van der Waals surface area contributed by atoms with Gasteiger partial charge in [0, 0.05) is 46.4 Å². The predicted molar refractivity (Wildman–Crippen MR) is 201 cm³/mol. The van der Waals surface area contributed by atoms with Gasteiger partial charge in [0.1, 0.15) is 19.1 Å². The third-order valence-electron chi connectivity index (χ3n) is 7.98. The molecule has 288 valence electrons. The SMILES string of the molecule is CC(=O)NCCCCC(NC(C)=O)C(=O)NCCC(=O)N(CC(=O)NCCCCC(C(N)=O)C1SS1)CC(=O)NCCCCC(C(N)=O)C1SS1. The van der Waals surface area contributed by atoms with Crippen molar-refractivity contribution in [3.05, 3.63) is 0 Å². The number of rotatable bonds is 28. The van der Waals surface area contributed by atoms with Crippen LogP contribution in [0.1, 0.15) is 78.1 Å². The molecule has 3 atom stereocenters. The Hall–Kier alpha value is -2.84. The van der Waals surface area contributed by atoms with Crippen LogP contribution in [0.25, 0.3) is 0 Å². The molecule has 9 N–H and O–H groups in total. The van der Waals surface area contributed by atoms with E-state index in [1.54, 1.807) is 43.2 Å². The van der Waals surface area contributed by atoms with Crippen molar-refractivity contribution in [2.24, 2.45) is 23.3 Å². The highest BCUT2D eigenvalue weighted by atomic mass is 33.2. The Kier molecular flexibility index (Phi) is 21.2. The van der Waals surface area contributed by atoms with Crippen LogP contribution in [-0.4, -0.2) is 107 Å². The van der Waals surface area contributed by atoms with E-state index in [4.69, 9.17) is 11.5 Å². The number of primary amides is 2. The van der Waals surface area contributed by atoms with Crippen molar-refractivity contribution in [2.75, 3.05) is 39.3 Å². The second kappa shape index (κ2) is 24.4. The van der Waals surface area contributed by atoms with E-state index in [1.807, 2.05) is 0 Å². The predicted octanol–water partition coefficient (Wildman–Crippen LogP) is 0.351. The van der Waals surface area contributed by atoms with Crippen LogP contribution in [0.4, 0.5) is 0 Å². The molecule has 3 unspecified atom stereocenters. The van der Waals surface area contributed by atoms with Gasteiger partial charge in [0.25, 0.3) is 0 Å². The van der Waals surface area contributed by atoms with Gasteiger partial charge >= 0.3 is 0 Å². The molecule has 8 amide bonds. The van der Waals surface area contributed by atoms with Gasteiger partial charge in [-0.15, -0.1) is 0 Å². The van der Waals surface area contributed by atoms with Gasteiger partial charge in [-0.2, -0.15) is 0 Å². The summed E-state index contributed by atoms with van der Waals surface area (Å²) in [5.41, 5.74) is 11.0. The lowest BCUT2D eigenvalue weighted by atomic mass is 10.0. The molecule has 0 aromatic carbocycles. The molecule has 2 heterocycles. The minimum absolute atomic E-state index is 0.0867. The van der Waals surface area contributed by atoms with E-state index in [1.165, 1.54) is 13.8 Å². The van der Waals surface area contributed by atoms with E-state index in [0.717, 1.165) is 4.90 Å². The van der Waals surface area contributed by atoms with Crippen molar-refractivity contribution in [2.45, 2.75) is 93.3 Å². The maximum atomic E-state index is 13.2. The van der Waals surface area contributed by atoms with Gasteiger partial charge < -0.3 is 43.0 Å². The average Bonchev–Trinajstić information content (AvgIpc) is 3.98. The fourth-order valence-electron chi connectivity index (χ4n) is 5.11. The Balaban J connectivity index is 1.86. The molecule has 2 saturated heterocycles. The molecular formula is C31H52N8O8S4. The van der Waals surface area contributed by atoms with Crippen LogP contribution in [0, 0.1) is 11.8 Å². The zero-order valence-corrected chi connectivity index (χ0v) is 32.5. The van der Waals surface area contributed by atoms with Gasteiger partial charge in [-0.05, 0) is 44.9 Å². The molecule has 0 spiro atoms. The molecule has 16 nitrogen and oxygen atoms in total. The number of hydrogen-bond acceptors (Lipinski definition) is 12. The van der Waals surface area contributed by atoms with Gasteiger partial charge in [0.05, 0.1) is 21.0 Å². The van der Waals surface area contributed by atoms with E-state index in [9.17, 15) is 38.4 Å². The minimum Gasteiger partial charge on any atom is -0.369 e. The third kappa shape index (κ3) is 20.1. The maximum absolute atomic E-state index is 13.2. The number of amides is 8. The van der Waals surface area contributed by atoms with Crippen molar-refractivity contribution in [3.8, 4) is 0 Å². The van der Waals surface area contributed by atoms with Crippen LogP contribution in [0.2, 0.25) is 0 Å². The van der Waals surface area contributed by atoms with Crippen LogP contribution in [0.15, 0.2) is 0 Å². The average molecular weight is 793 g/mol. The van der Waals surface area contributed by atoms with E-state index < -0.39 is 35.6 Å². The fraction of sp³-hybridized carbons (Fsp3) is 0.742. The van der Waals surface area contributed by atoms with Gasteiger partial charge in [-0.25, -0.2) is 0 Å². The first kappa shape index (κ1) is 44.3. The summed E-state index contributed by atoms with van der Waals surface area (Å²) in [6, 6.07) is -0.831. The van der Waals surface area contributed by atoms with Crippen LogP contribution in [0.3, 0.4) is 0 Å². The van der Waals surface area contributed by atoms with Crippen molar-refractivity contribution < 1.29 is 38.4 Å². The fourth-order valence-corrected chi connectivity index (χ4v) is 8.85. The van der Waals surface area contributed by atoms with Crippen molar-refractivity contribution in [1.29, 1.82) is 0 Å². The summed E-state index contributed by atoms with van der Waals surface area (Å²) in [6.07, 6.45) is 5.12. The lowest BCUT2D eigenvalue weighted by molar-refractivity contribution is -0.139. The monoisotopic (exact) mass is 792 g/mol. The quantitative estimate of drug-likeness (QED) is 0.0322. The van der Waals surface area contributed by atoms with Crippen LogP contribution in [-0.2, 0) is 38.4 Å². The Morgan fingerprint density at radius 2 is 1.04 bits per heavy atom. The van der Waals surface area contributed by atoms with Gasteiger partial charge in [0.15, 0.2) is 0 Å². The molecule has 0 saturated carbocycles. The maximum Gasteiger partial charge on any atom is 0.242 e. The van der Waals surface area contributed by atoms with E-state index in [-0.39, 0.29) is 64.8 Å². The second-order valence-electron chi connectivity index (χ2n) is 12.4. The normalized spacial score (nSPS) is 15.4. The van der Waals surface area contributed by atoms with Crippen molar-refractivity contribution in [1.82, 2.24) is 31.5 Å². The van der Waals surface area contributed by atoms with Crippen LogP contribution in [0.5, 0.6) is 0 Å². The number of nitrogens with two attached hydrogens (primary N) is 2. The molecule has 2 aliphatic rings. The first-order valence-corrected chi connectivity index (χ1v) is 21.7. The molecule has 0 aliphatic carbocycles. The Labute approximate surface area is 314 Å². The third-order valence-corrected chi connectivity index (χ3v) is 12.6. The lowest BCUT2D eigenvalue weighted by Crippen LogP contribution is -2.48. The molecule has 20 heteroatoms. The number of carbonyl (C=O) groups is 8. The number of carbonyl (C=O) groups excluding carboxylic acids is 8. The molecule has 0 radical (unpaired) electrons. The zero-order chi connectivity index (χ0) is 37.8. The first-order chi connectivity index (χ1) is 24.3. The molecule has 2 fully saturated rings.